The molecule has 2 heterocycles. The van der Waals surface area contributed by atoms with Gasteiger partial charge in [-0.2, -0.15) is 0 Å². The van der Waals surface area contributed by atoms with Gasteiger partial charge in [0.2, 0.25) is 0 Å². The summed E-state index contributed by atoms with van der Waals surface area (Å²) in [6, 6.07) is 7.60. The van der Waals surface area contributed by atoms with Crippen molar-refractivity contribution in [2.45, 2.75) is 97.6 Å². The van der Waals surface area contributed by atoms with E-state index in [0.29, 0.717) is 31.2 Å². The van der Waals surface area contributed by atoms with E-state index in [9.17, 15) is 9.59 Å². The summed E-state index contributed by atoms with van der Waals surface area (Å²) in [6.07, 6.45) is 7.88. The number of methoxy groups -OCH3 is 1. The first-order valence-corrected chi connectivity index (χ1v) is 15.4. The molecule has 0 radical (unpaired) electrons. The second-order valence-electron chi connectivity index (χ2n) is 12.1. The first-order valence-electron chi connectivity index (χ1n) is 15.4. The third-order valence-corrected chi connectivity index (χ3v) is 7.87. The van der Waals surface area contributed by atoms with Crippen LogP contribution < -0.4 is 10.9 Å². The molecular formula is C33H48N4O5. The van der Waals surface area contributed by atoms with Gasteiger partial charge in [-0.15, -0.1) is 0 Å². The van der Waals surface area contributed by atoms with Crippen LogP contribution in [-0.2, 0) is 39.1 Å². The molecule has 0 aliphatic heterocycles. The molecule has 42 heavy (non-hydrogen) atoms. The largest absolute Gasteiger partial charge is 0.461 e. The molecule has 0 saturated heterocycles. The zero-order valence-electron chi connectivity index (χ0n) is 26.2. The minimum Gasteiger partial charge on any atom is -0.461 e. The van der Waals surface area contributed by atoms with Crippen LogP contribution in [0.25, 0.3) is 22.4 Å². The predicted octanol–water partition coefficient (Wildman–Crippen LogP) is 5.14. The van der Waals surface area contributed by atoms with Crippen molar-refractivity contribution in [2.75, 3.05) is 20.3 Å². The summed E-state index contributed by atoms with van der Waals surface area (Å²) >= 11 is 0. The lowest BCUT2D eigenvalue weighted by molar-refractivity contribution is -0.152. The number of hydrogen-bond donors (Lipinski definition) is 1. The molecular weight excluding hydrogens is 532 g/mol. The average molecular weight is 581 g/mol. The van der Waals surface area contributed by atoms with Crippen LogP contribution in [0.15, 0.2) is 35.3 Å². The molecule has 2 aromatic heterocycles. The van der Waals surface area contributed by atoms with Gasteiger partial charge < -0.3 is 23.3 Å². The quantitative estimate of drug-likeness (QED) is 0.249. The molecule has 0 spiro atoms. The Morgan fingerprint density at radius 1 is 1.19 bits per heavy atom. The maximum atomic E-state index is 12.8. The van der Waals surface area contributed by atoms with Crippen LogP contribution in [-0.4, -0.2) is 58.7 Å². The smallest absolute Gasteiger partial charge is 0.325 e. The molecule has 1 N–H and O–H groups in total. The number of nitrogens with zero attached hydrogens (tertiary/aromatic N) is 3. The zero-order chi connectivity index (χ0) is 30.2. The van der Waals surface area contributed by atoms with Gasteiger partial charge in [0.15, 0.2) is 0 Å². The first kappa shape index (κ1) is 31.9. The van der Waals surface area contributed by atoms with E-state index in [1.807, 2.05) is 19.2 Å². The number of ether oxygens (including phenoxy) is 3. The van der Waals surface area contributed by atoms with Gasteiger partial charge in [0.05, 0.1) is 30.3 Å². The van der Waals surface area contributed by atoms with E-state index in [0.717, 1.165) is 66.5 Å². The Hall–Kier alpha value is -3.01. The van der Waals surface area contributed by atoms with Gasteiger partial charge in [0.1, 0.15) is 18.0 Å². The van der Waals surface area contributed by atoms with Gasteiger partial charge in [-0.3, -0.25) is 14.9 Å². The van der Waals surface area contributed by atoms with E-state index < -0.39 is 6.04 Å². The Kier molecular flexibility index (Phi) is 11.4. The molecule has 9 heteroatoms. The summed E-state index contributed by atoms with van der Waals surface area (Å²) in [6.45, 7) is 10.5. The lowest BCUT2D eigenvalue weighted by atomic mass is 10.1. The second-order valence-corrected chi connectivity index (χ2v) is 12.1. The number of pyridine rings is 1. The third-order valence-electron chi connectivity index (χ3n) is 7.87. The molecule has 0 amide bonds. The van der Waals surface area contributed by atoms with Gasteiger partial charge in [-0.25, -0.2) is 4.98 Å². The molecule has 1 saturated carbocycles. The van der Waals surface area contributed by atoms with Crippen molar-refractivity contribution >= 4 is 17.0 Å². The fourth-order valence-electron chi connectivity index (χ4n) is 5.77. The Morgan fingerprint density at radius 3 is 2.62 bits per heavy atom. The van der Waals surface area contributed by atoms with Crippen LogP contribution >= 0.6 is 0 Å². The molecule has 1 aliphatic rings. The standard InChI is InChI=1S/C33H48N4O5/c1-7-14-41-27(15-22(2)3)20-37-30-13-12-24(18-34-29(21-40-6)33(39)42-26-10-8-9-11-26)17-28(30)35-31(37)25-16-23(4)32(38)36(5)19-25/h12-13,16-17,19,22,26-27,29,34H,7-11,14-15,18,20-21H2,1-6H3. The van der Waals surface area contributed by atoms with E-state index in [2.05, 4.69) is 48.9 Å². The molecule has 9 nitrogen and oxygen atoms in total. The Balaban J connectivity index is 1.64. The van der Waals surface area contributed by atoms with Gasteiger partial charge in [0, 0.05) is 44.6 Å². The van der Waals surface area contributed by atoms with E-state index >= 15 is 0 Å². The van der Waals surface area contributed by atoms with Crippen LogP contribution in [0.1, 0.15) is 70.4 Å². The van der Waals surface area contributed by atoms with E-state index in [-0.39, 0.29) is 30.3 Å². The molecule has 0 bridgehead atoms. The van der Waals surface area contributed by atoms with Crippen molar-refractivity contribution in [3.63, 3.8) is 0 Å². The molecule has 3 aromatic rings. The van der Waals surface area contributed by atoms with E-state index in [1.54, 1.807) is 18.7 Å². The summed E-state index contributed by atoms with van der Waals surface area (Å²) in [7, 11) is 3.37. The van der Waals surface area contributed by atoms with Crippen molar-refractivity contribution in [1.82, 2.24) is 19.4 Å². The Morgan fingerprint density at radius 2 is 1.95 bits per heavy atom. The van der Waals surface area contributed by atoms with E-state index in [1.165, 1.54) is 0 Å². The highest BCUT2D eigenvalue weighted by atomic mass is 16.5. The molecule has 1 aliphatic carbocycles. The van der Waals surface area contributed by atoms with Crippen LogP contribution in [0, 0.1) is 12.8 Å². The summed E-state index contributed by atoms with van der Waals surface area (Å²) in [5.41, 5.74) is 4.41. The normalized spacial score (nSPS) is 15.5. The number of aryl methyl sites for hydroxylation is 2. The fraction of sp³-hybridized carbons (Fsp3) is 0.606. The van der Waals surface area contributed by atoms with Gasteiger partial charge in [-0.05, 0) is 75.1 Å². The van der Waals surface area contributed by atoms with Crippen molar-refractivity contribution in [3.05, 3.63) is 51.9 Å². The molecule has 2 unspecified atom stereocenters. The minimum atomic E-state index is -0.541. The number of rotatable bonds is 15. The molecule has 1 fully saturated rings. The summed E-state index contributed by atoms with van der Waals surface area (Å²) < 4.78 is 21.2. The van der Waals surface area contributed by atoms with Crippen molar-refractivity contribution in [2.24, 2.45) is 13.0 Å². The number of esters is 1. The van der Waals surface area contributed by atoms with Crippen LogP contribution in [0.4, 0.5) is 0 Å². The number of imidazole rings is 1. The van der Waals surface area contributed by atoms with Crippen molar-refractivity contribution in [3.8, 4) is 11.4 Å². The molecule has 230 valence electrons. The molecule has 4 rings (SSSR count). The minimum absolute atomic E-state index is 0.0133. The van der Waals surface area contributed by atoms with Crippen LogP contribution in [0.5, 0.6) is 0 Å². The van der Waals surface area contributed by atoms with E-state index in [4.69, 9.17) is 19.2 Å². The predicted molar refractivity (Wildman–Crippen MR) is 165 cm³/mol. The molecule has 2 atom stereocenters. The number of carbonyl (C=O) groups excluding carboxylic acids is 1. The highest BCUT2D eigenvalue weighted by Gasteiger charge is 2.26. The third kappa shape index (κ3) is 8.08. The van der Waals surface area contributed by atoms with Crippen molar-refractivity contribution in [1.29, 1.82) is 0 Å². The fourth-order valence-corrected chi connectivity index (χ4v) is 5.77. The SMILES string of the molecule is CCCOC(CC(C)C)Cn1c(-c2cc(C)c(=O)n(C)c2)nc2cc(CNC(COC)C(=O)OC3CCCC3)ccc21. The number of aromatic nitrogens is 3. The number of benzene rings is 1. The lowest BCUT2D eigenvalue weighted by Gasteiger charge is -2.22. The summed E-state index contributed by atoms with van der Waals surface area (Å²) in [4.78, 5) is 30.4. The van der Waals surface area contributed by atoms with Crippen molar-refractivity contribution < 1.29 is 19.0 Å². The number of carbonyl (C=O) groups is 1. The topological polar surface area (TPSA) is 96.6 Å². The van der Waals surface area contributed by atoms with Gasteiger partial charge in [0.25, 0.3) is 5.56 Å². The van der Waals surface area contributed by atoms with Gasteiger partial charge >= 0.3 is 5.97 Å². The highest BCUT2D eigenvalue weighted by Crippen LogP contribution is 2.28. The lowest BCUT2D eigenvalue weighted by Crippen LogP contribution is -2.42. The monoisotopic (exact) mass is 580 g/mol. The number of hydrogen-bond acceptors (Lipinski definition) is 7. The number of nitrogens with one attached hydrogen (secondary N) is 1. The zero-order valence-corrected chi connectivity index (χ0v) is 26.2. The Bertz CT molecular complexity index is 1360. The summed E-state index contributed by atoms with van der Waals surface area (Å²) in [5.74, 6) is 1.03. The number of fused-ring (bicyclic) bond motifs is 1. The van der Waals surface area contributed by atoms with Gasteiger partial charge in [-0.1, -0.05) is 26.8 Å². The highest BCUT2D eigenvalue weighted by molar-refractivity contribution is 5.81. The first-order chi connectivity index (χ1) is 20.2. The Labute approximate surface area is 249 Å². The maximum Gasteiger partial charge on any atom is 0.325 e. The summed E-state index contributed by atoms with van der Waals surface area (Å²) in [5, 5.41) is 3.33. The second kappa shape index (κ2) is 14.9. The average Bonchev–Trinajstić information content (AvgIpc) is 3.59. The molecule has 1 aromatic carbocycles. The van der Waals surface area contributed by atoms with Crippen LogP contribution in [0.3, 0.4) is 0 Å². The maximum absolute atomic E-state index is 12.8. The van der Waals surface area contributed by atoms with Crippen LogP contribution in [0.2, 0.25) is 0 Å².